The number of piperazine rings is 1. The molecular weight excluding hydrogens is 1710 g/mol. The van der Waals surface area contributed by atoms with Crippen LogP contribution in [0.2, 0.25) is 0 Å². The van der Waals surface area contributed by atoms with Crippen molar-refractivity contribution in [3.05, 3.63) is 127 Å². The smallest absolute Gasteiger partial charge is 0.329 e. The highest BCUT2D eigenvalue weighted by Crippen LogP contribution is 2.43. The lowest BCUT2D eigenvalue weighted by molar-refractivity contribution is -0.265. The van der Waals surface area contributed by atoms with Gasteiger partial charge in [0.15, 0.2) is 17.0 Å². The minimum absolute atomic E-state index is 0.0201. The molecule has 2 unspecified atom stereocenters. The second kappa shape index (κ2) is 47.4. The number of nitrogen functional groups attached to an aromatic ring is 2. The predicted octanol–water partition coefficient (Wildman–Crippen LogP) is 9.20. The Morgan fingerprint density at radius 1 is 0.774 bits per heavy atom. The number of ketones is 3. The summed E-state index contributed by atoms with van der Waals surface area (Å²) in [6.45, 7) is 18.5. The van der Waals surface area contributed by atoms with Crippen LogP contribution in [0.15, 0.2) is 126 Å². The van der Waals surface area contributed by atoms with E-state index in [-0.39, 0.29) is 99.0 Å². The molecular formula is C96H131N19O18. The molecule has 0 radical (unpaired) electrons. The highest BCUT2D eigenvalue weighted by molar-refractivity contribution is 6.39. The van der Waals surface area contributed by atoms with E-state index in [4.69, 9.17) is 68.8 Å². The number of fused-ring (bicyclic) bond motifs is 5. The summed E-state index contributed by atoms with van der Waals surface area (Å²) in [7, 11) is 4.64. The Bertz CT molecular complexity index is 5360. The molecule has 1 aliphatic carbocycles. The SMILES string of the molecule is CO[C@H]1C[C@@H]2CC[C@@H](C)[C@@](O)(O2)C(=O)C(=O)N2CCCC[C@H]2C(=O)OC([C@H](C)C[C@@H]2CC[C@H](n3nncc3-c3cccc(-c4cnc(N5CCN(Cc6cn(CCOCCOCCOCCC(=O)NCCCCn7nc(-c8ccc9oc(N)nc9c8)c8c(N)ncnc87)nn6)C(CO)C5)nc4)c3)[C@H](OC)C2)CC(=O)[C@H](C)/C=C(\C)[C@@H](O)[C@@H](OC)C(=O)[C@H](C)C[C@H](C)/C=C/C=C/C=C/1C. The number of nitrogens with zero attached hydrogens (tertiary/aromatic N) is 16. The number of carbonyl (C=O) groups excluding carboxylic acids is 6. The third-order valence-corrected chi connectivity index (χ3v) is 26.6. The van der Waals surface area contributed by atoms with Crippen LogP contribution in [-0.4, -0.2) is 280 Å². The number of methoxy groups -OCH3 is 3. The van der Waals surface area contributed by atoms with Gasteiger partial charge in [0.25, 0.3) is 17.7 Å². The number of aromatic nitrogens is 13. The largest absolute Gasteiger partial charge is 0.460 e. The fraction of sp³-hybridized carbons (Fsp3) is 0.583. The standard InChI is InChI=1S/C96H131N19O18/c1-59-19-12-11-13-20-60(2)80(125-8)49-73-27-24-65(7)96(124,133-73)89(121)92(122)113-32-16-14-23-76(113)93(123)131-81(50-78(117)61(3)44-64(6)87(120)88(127-10)86(119)63(5)43-59)62(4)45-66-25-28-75(82(46-66)126-9)115-77(53-104-108-115)68-22-18-21-67(47-68)70-51-100-95(101-52-70)111-35-34-110(72(56-111)57-116)54-71-55-112(109-106-71)36-38-129-40-42-130-41-39-128-37-30-83(118)99-31-15-17-33-114-91-84(90(97)102-58-103-91)85(107-114)69-26-29-79-74(48-69)105-94(98)132-79/h11-13,18-22,26,29,44,47-48,51-53,55,58-59,61-63,65-66,72-73,75-76,80-82,87-88,116,120,124H,14-17,23-25,27-28,30-43,45-46,49-50,54,56-57H2,1-10H3,(H2,98,105)(H,99,118)(H2,97,102,103)/b13-11+,19-12+,60-20+,64-44+/t59-,61-,62-,63-,65-,66+,72?,73+,75+,76+,80+,81?,82-,87-,88+,96-/m1/s1. The van der Waals surface area contributed by atoms with E-state index in [1.54, 1.807) is 75.1 Å². The van der Waals surface area contributed by atoms with E-state index >= 15 is 0 Å². The molecule has 37 nitrogen and oxygen atoms in total. The second-order valence-corrected chi connectivity index (χ2v) is 36.1. The number of anilines is 3. The van der Waals surface area contributed by atoms with E-state index < -0.39 is 83.7 Å². The number of ether oxygens (including phenoxy) is 8. The van der Waals surface area contributed by atoms with Gasteiger partial charge in [-0.1, -0.05) is 99.7 Å². The summed E-state index contributed by atoms with van der Waals surface area (Å²) in [6.07, 6.45) is 21.6. The number of cyclic esters (lactones) is 1. The summed E-state index contributed by atoms with van der Waals surface area (Å²) in [5.41, 5.74) is 20.5. The van der Waals surface area contributed by atoms with Gasteiger partial charge >= 0.3 is 5.97 Å². The van der Waals surface area contributed by atoms with Gasteiger partial charge in [0.2, 0.25) is 17.6 Å². The quantitative estimate of drug-likeness (QED) is 0.0102. The number of hydrogen-bond donors (Lipinski definition) is 6. The average Bonchev–Trinajstić information content (AvgIpc) is 1.74. The summed E-state index contributed by atoms with van der Waals surface area (Å²) in [5.74, 6) is -7.77. The van der Waals surface area contributed by atoms with Crippen molar-refractivity contribution in [2.45, 2.75) is 225 Å². The first-order valence-electron chi connectivity index (χ1n) is 46.7. The van der Waals surface area contributed by atoms with Gasteiger partial charge in [-0.05, 0) is 150 Å². The van der Waals surface area contributed by atoms with Gasteiger partial charge in [0.1, 0.15) is 53.5 Å². The summed E-state index contributed by atoms with van der Waals surface area (Å²) in [4.78, 5) is 114. The van der Waals surface area contributed by atoms with Crippen molar-refractivity contribution in [1.82, 2.24) is 79.8 Å². The van der Waals surface area contributed by atoms with Crippen molar-refractivity contribution in [2.75, 3.05) is 117 Å². The Hall–Kier alpha value is -10.8. The molecule has 2 bridgehead atoms. The number of nitrogens with one attached hydrogen (secondary N) is 1. The van der Waals surface area contributed by atoms with Crippen molar-refractivity contribution in [1.29, 1.82) is 0 Å². The number of allylic oxidation sites excluding steroid dienone is 6. The monoisotopic (exact) mass is 1840 g/mol. The summed E-state index contributed by atoms with van der Waals surface area (Å²) in [6, 6.07) is 11.9. The Balaban J connectivity index is 0.557. The number of aryl methyl sites for hydroxylation is 1. The van der Waals surface area contributed by atoms with Gasteiger partial charge < -0.3 is 84.2 Å². The molecule has 8 aromatic rings. The van der Waals surface area contributed by atoms with Crippen LogP contribution in [0.4, 0.5) is 17.8 Å². The van der Waals surface area contributed by atoms with Crippen LogP contribution >= 0.6 is 0 Å². The van der Waals surface area contributed by atoms with Crippen LogP contribution in [0.5, 0.6) is 0 Å². The minimum Gasteiger partial charge on any atom is -0.460 e. The number of esters is 1. The highest BCUT2D eigenvalue weighted by Gasteiger charge is 2.53. The van der Waals surface area contributed by atoms with Crippen LogP contribution in [0.25, 0.3) is 55.8 Å². The summed E-state index contributed by atoms with van der Waals surface area (Å²) < 4.78 is 58.8. The van der Waals surface area contributed by atoms with Crippen LogP contribution < -0.4 is 21.7 Å². The number of benzene rings is 2. The first-order valence-corrected chi connectivity index (χ1v) is 46.7. The first kappa shape index (κ1) is 99.6. The molecule has 4 fully saturated rings. The zero-order chi connectivity index (χ0) is 94.4. The normalized spacial score (nSPS) is 27.2. The molecule has 718 valence electrons. The van der Waals surface area contributed by atoms with E-state index in [0.717, 1.165) is 52.1 Å². The van der Waals surface area contributed by atoms with E-state index in [0.29, 0.717) is 182 Å². The summed E-state index contributed by atoms with van der Waals surface area (Å²) in [5, 5.41) is 61.0. The number of carbonyl (C=O) groups is 6. The number of amides is 2. The number of piperidine rings is 1. The lowest BCUT2D eigenvalue weighted by atomic mass is 9.77. The van der Waals surface area contributed by atoms with Crippen molar-refractivity contribution in [3.63, 3.8) is 0 Å². The molecule has 2 amide bonds. The first-order chi connectivity index (χ1) is 64.2. The van der Waals surface area contributed by atoms with Crippen LogP contribution in [0.3, 0.4) is 0 Å². The molecule has 6 aromatic heterocycles. The number of nitrogens with two attached hydrogens (primary N) is 2. The molecule has 10 heterocycles. The number of Topliss-reactive ketones (excluding diaryl/α,β-unsaturated/α-hetero) is 3. The van der Waals surface area contributed by atoms with Gasteiger partial charge in [-0.2, -0.15) is 10.1 Å². The molecule has 8 N–H and O–H groups in total. The van der Waals surface area contributed by atoms with Crippen molar-refractivity contribution in [3.8, 4) is 33.6 Å². The zero-order valence-corrected chi connectivity index (χ0v) is 78.0. The topological polar surface area (TPSA) is 468 Å². The Morgan fingerprint density at radius 2 is 1.56 bits per heavy atom. The lowest BCUT2D eigenvalue weighted by Crippen LogP contribution is -2.61. The number of hydrogen-bond acceptors (Lipinski definition) is 32. The van der Waals surface area contributed by atoms with Crippen molar-refractivity contribution in [2.24, 2.45) is 35.5 Å². The predicted molar refractivity (Wildman–Crippen MR) is 495 cm³/mol. The third-order valence-electron chi connectivity index (χ3n) is 26.6. The molecule has 3 saturated heterocycles. The van der Waals surface area contributed by atoms with Crippen molar-refractivity contribution < 1.29 is 86.4 Å². The number of unbranched alkanes of at least 4 members (excludes halogenated alkanes) is 1. The molecule has 2 aromatic carbocycles. The van der Waals surface area contributed by atoms with Gasteiger partial charge in [-0.25, -0.2) is 38.8 Å². The Kier molecular flexibility index (Phi) is 35.5. The molecule has 1 saturated carbocycles. The fourth-order valence-electron chi connectivity index (χ4n) is 18.8. The fourth-order valence-corrected chi connectivity index (χ4v) is 18.8. The molecule has 13 rings (SSSR count). The number of rotatable bonds is 31. The van der Waals surface area contributed by atoms with E-state index in [9.17, 15) is 44.1 Å². The Labute approximate surface area is 775 Å². The van der Waals surface area contributed by atoms with Crippen LogP contribution in [0.1, 0.15) is 157 Å². The minimum atomic E-state index is -2.49. The average molecular weight is 1840 g/mol. The zero-order valence-electron chi connectivity index (χ0n) is 78.0. The van der Waals surface area contributed by atoms with Crippen LogP contribution in [0, 0.1) is 35.5 Å². The molecule has 5 aliphatic rings. The van der Waals surface area contributed by atoms with Gasteiger partial charge in [-0.3, -0.25) is 28.9 Å². The van der Waals surface area contributed by atoms with E-state index in [2.05, 4.69) is 56.8 Å². The van der Waals surface area contributed by atoms with Gasteiger partial charge in [-0.15, -0.1) is 10.2 Å². The molecule has 133 heavy (non-hydrogen) atoms. The molecule has 16 atom stereocenters. The third kappa shape index (κ3) is 25.4. The molecule has 4 aliphatic heterocycles. The van der Waals surface area contributed by atoms with E-state index in [1.807, 2.05) is 99.3 Å². The van der Waals surface area contributed by atoms with E-state index in [1.165, 1.54) is 18.3 Å². The lowest BCUT2D eigenvalue weighted by Gasteiger charge is -2.42. The maximum absolute atomic E-state index is 15.0. The number of aliphatic hydroxyl groups is 3. The maximum Gasteiger partial charge on any atom is 0.329 e. The maximum atomic E-state index is 15.0. The molecule has 37 heteroatoms. The summed E-state index contributed by atoms with van der Waals surface area (Å²) >= 11 is 0. The Morgan fingerprint density at radius 3 is 2.33 bits per heavy atom. The number of aliphatic hydroxyl groups excluding tert-OH is 2. The highest BCUT2D eigenvalue weighted by atomic mass is 16.6. The molecule has 0 spiro atoms. The number of oxazole rings is 1. The van der Waals surface area contributed by atoms with Crippen molar-refractivity contribution >= 4 is 75.0 Å². The van der Waals surface area contributed by atoms with Gasteiger partial charge in [0.05, 0.1) is 106 Å². The second-order valence-electron chi connectivity index (χ2n) is 36.1. The van der Waals surface area contributed by atoms with Crippen LogP contribution in [-0.2, 0) is 86.3 Å². The van der Waals surface area contributed by atoms with Gasteiger partial charge in [0, 0.05) is 139 Å².